The van der Waals surface area contributed by atoms with Gasteiger partial charge in [0.25, 0.3) is 5.91 Å². The third-order valence-corrected chi connectivity index (χ3v) is 4.80. The van der Waals surface area contributed by atoms with E-state index in [0.29, 0.717) is 31.2 Å². The molecule has 0 aliphatic rings. The van der Waals surface area contributed by atoms with Gasteiger partial charge in [-0.3, -0.25) is 9.59 Å². The zero-order chi connectivity index (χ0) is 21.1. The summed E-state index contributed by atoms with van der Waals surface area (Å²) < 4.78 is 10.4. The Hall–Kier alpha value is -2.58. The number of carbonyl (C=O) groups is 2. The van der Waals surface area contributed by atoms with Crippen molar-refractivity contribution in [1.29, 1.82) is 0 Å². The van der Waals surface area contributed by atoms with E-state index in [4.69, 9.17) is 9.47 Å². The van der Waals surface area contributed by atoms with Crippen LogP contribution in [0.3, 0.4) is 0 Å². The second-order valence-electron chi connectivity index (χ2n) is 6.54. The van der Waals surface area contributed by atoms with Gasteiger partial charge in [-0.15, -0.1) is 11.8 Å². The topological polar surface area (TPSA) is 89.5 Å². The molecule has 8 heteroatoms. The van der Waals surface area contributed by atoms with E-state index in [2.05, 4.69) is 15.6 Å². The summed E-state index contributed by atoms with van der Waals surface area (Å²) in [7, 11) is 1.61. The number of aromatic nitrogens is 1. The number of nitrogens with zero attached hydrogens (tertiary/aromatic N) is 1. The quantitative estimate of drug-likeness (QED) is 0.432. The predicted octanol–water partition coefficient (Wildman–Crippen LogP) is 2.65. The van der Waals surface area contributed by atoms with Gasteiger partial charge in [0.1, 0.15) is 6.61 Å². The standard InChI is InChI=1S/C21H27N3O4S/c1-15(2)24-19(25)14-29-18-7-5-4-6-17(18)21(26)23-13-16-8-9-20(22-12-16)28-11-10-27-3/h4-9,12,15H,10-11,13-14H2,1-3H3,(H,23,26)(H,24,25). The van der Waals surface area contributed by atoms with Gasteiger partial charge in [-0.25, -0.2) is 4.98 Å². The number of amides is 2. The van der Waals surface area contributed by atoms with Crippen LogP contribution < -0.4 is 15.4 Å². The molecule has 0 saturated heterocycles. The van der Waals surface area contributed by atoms with Crippen LogP contribution >= 0.6 is 11.8 Å². The fraction of sp³-hybridized carbons (Fsp3) is 0.381. The average Bonchev–Trinajstić information content (AvgIpc) is 2.71. The van der Waals surface area contributed by atoms with Crippen molar-refractivity contribution in [3.05, 3.63) is 53.7 Å². The molecule has 0 fully saturated rings. The van der Waals surface area contributed by atoms with Crippen molar-refractivity contribution < 1.29 is 19.1 Å². The molecule has 2 N–H and O–H groups in total. The number of hydrogen-bond donors (Lipinski definition) is 2. The van der Waals surface area contributed by atoms with E-state index < -0.39 is 0 Å². The smallest absolute Gasteiger partial charge is 0.252 e. The Morgan fingerprint density at radius 2 is 1.93 bits per heavy atom. The van der Waals surface area contributed by atoms with E-state index in [9.17, 15) is 9.59 Å². The van der Waals surface area contributed by atoms with Gasteiger partial charge >= 0.3 is 0 Å². The van der Waals surface area contributed by atoms with E-state index in [1.807, 2.05) is 32.0 Å². The molecule has 156 valence electrons. The summed E-state index contributed by atoms with van der Waals surface area (Å²) >= 11 is 1.35. The minimum Gasteiger partial charge on any atom is -0.475 e. The first-order valence-corrected chi connectivity index (χ1v) is 10.3. The molecule has 2 amide bonds. The maximum atomic E-state index is 12.6. The lowest BCUT2D eigenvalue weighted by molar-refractivity contribution is -0.119. The fourth-order valence-electron chi connectivity index (χ4n) is 2.40. The maximum Gasteiger partial charge on any atom is 0.252 e. The van der Waals surface area contributed by atoms with Crippen molar-refractivity contribution in [2.45, 2.75) is 31.3 Å². The van der Waals surface area contributed by atoms with Crippen molar-refractivity contribution in [3.8, 4) is 5.88 Å². The molecule has 29 heavy (non-hydrogen) atoms. The molecule has 1 aromatic carbocycles. The summed E-state index contributed by atoms with van der Waals surface area (Å²) in [6, 6.07) is 11.0. The molecule has 0 aliphatic carbocycles. The number of benzene rings is 1. The molecule has 0 bridgehead atoms. The van der Waals surface area contributed by atoms with Gasteiger partial charge in [0.05, 0.1) is 17.9 Å². The van der Waals surface area contributed by atoms with E-state index in [1.54, 1.807) is 31.5 Å². The van der Waals surface area contributed by atoms with Gasteiger partial charge in [0, 0.05) is 36.9 Å². The van der Waals surface area contributed by atoms with Crippen LogP contribution in [0, 0.1) is 0 Å². The van der Waals surface area contributed by atoms with Crippen molar-refractivity contribution >= 4 is 23.6 Å². The van der Waals surface area contributed by atoms with Crippen LogP contribution in [0.1, 0.15) is 29.8 Å². The highest BCUT2D eigenvalue weighted by atomic mass is 32.2. The van der Waals surface area contributed by atoms with Crippen molar-refractivity contribution in [2.24, 2.45) is 0 Å². The summed E-state index contributed by atoms with van der Waals surface area (Å²) in [5.74, 6) is 0.520. The number of rotatable bonds is 11. The van der Waals surface area contributed by atoms with Crippen LogP contribution in [-0.4, -0.2) is 48.9 Å². The van der Waals surface area contributed by atoms with Crippen molar-refractivity contribution in [1.82, 2.24) is 15.6 Å². The highest BCUT2D eigenvalue weighted by molar-refractivity contribution is 8.00. The number of methoxy groups -OCH3 is 1. The summed E-state index contributed by atoms with van der Waals surface area (Å²) in [4.78, 5) is 29.5. The molecule has 0 spiro atoms. The number of carbonyl (C=O) groups excluding carboxylic acids is 2. The Kier molecular flexibility index (Phi) is 9.46. The first kappa shape index (κ1) is 22.7. The van der Waals surface area contributed by atoms with Crippen LogP contribution in [0.4, 0.5) is 0 Å². The lowest BCUT2D eigenvalue weighted by Gasteiger charge is -2.11. The first-order valence-electron chi connectivity index (χ1n) is 9.35. The van der Waals surface area contributed by atoms with Crippen molar-refractivity contribution in [3.63, 3.8) is 0 Å². The minimum absolute atomic E-state index is 0.0564. The van der Waals surface area contributed by atoms with Gasteiger partial charge in [-0.05, 0) is 31.5 Å². The molecule has 2 rings (SSSR count). The van der Waals surface area contributed by atoms with Crippen LogP contribution in [0.25, 0.3) is 0 Å². The predicted molar refractivity (Wildman–Crippen MR) is 113 cm³/mol. The maximum absolute atomic E-state index is 12.6. The summed E-state index contributed by atoms with van der Waals surface area (Å²) in [5, 5.41) is 5.74. The fourth-order valence-corrected chi connectivity index (χ4v) is 3.26. The van der Waals surface area contributed by atoms with E-state index in [1.165, 1.54) is 11.8 Å². The molecule has 0 atom stereocenters. The summed E-state index contributed by atoms with van der Waals surface area (Å²) in [5.41, 5.74) is 1.40. The van der Waals surface area contributed by atoms with E-state index in [0.717, 1.165) is 10.5 Å². The van der Waals surface area contributed by atoms with E-state index >= 15 is 0 Å². The SMILES string of the molecule is COCCOc1ccc(CNC(=O)c2ccccc2SCC(=O)NC(C)C)cn1. The summed E-state index contributed by atoms with van der Waals surface area (Å²) in [6.07, 6.45) is 1.67. The lowest BCUT2D eigenvalue weighted by atomic mass is 10.2. The molecule has 1 aromatic heterocycles. The molecule has 7 nitrogen and oxygen atoms in total. The third-order valence-electron chi connectivity index (χ3n) is 3.73. The molecule has 0 saturated carbocycles. The molecule has 0 unspecified atom stereocenters. The van der Waals surface area contributed by atoms with Gasteiger partial charge in [0.15, 0.2) is 0 Å². The van der Waals surface area contributed by atoms with Gasteiger partial charge in [-0.2, -0.15) is 0 Å². The normalized spacial score (nSPS) is 10.6. The number of ether oxygens (including phenoxy) is 2. The Bertz CT molecular complexity index is 797. The molecule has 0 radical (unpaired) electrons. The van der Waals surface area contributed by atoms with Crippen molar-refractivity contribution in [2.75, 3.05) is 26.1 Å². The first-order chi connectivity index (χ1) is 14.0. The minimum atomic E-state index is -0.196. The third kappa shape index (κ3) is 8.13. The largest absolute Gasteiger partial charge is 0.475 e. The molecule has 1 heterocycles. The summed E-state index contributed by atoms with van der Waals surface area (Å²) in [6.45, 7) is 5.10. The Morgan fingerprint density at radius 3 is 2.62 bits per heavy atom. The Balaban J connectivity index is 1.89. The van der Waals surface area contributed by atoms with Gasteiger partial charge in [0.2, 0.25) is 11.8 Å². The second-order valence-corrected chi connectivity index (χ2v) is 7.55. The van der Waals surface area contributed by atoms with Crippen LogP contribution in [-0.2, 0) is 16.1 Å². The number of nitrogens with one attached hydrogen (secondary N) is 2. The second kappa shape index (κ2) is 12.1. The molecular formula is C21H27N3O4S. The molecular weight excluding hydrogens is 390 g/mol. The Morgan fingerprint density at radius 1 is 1.14 bits per heavy atom. The zero-order valence-corrected chi connectivity index (χ0v) is 17.8. The lowest BCUT2D eigenvalue weighted by Crippen LogP contribution is -2.31. The number of pyridine rings is 1. The van der Waals surface area contributed by atoms with Crippen LogP contribution in [0.2, 0.25) is 0 Å². The van der Waals surface area contributed by atoms with E-state index in [-0.39, 0.29) is 23.6 Å². The monoisotopic (exact) mass is 417 g/mol. The van der Waals surface area contributed by atoms with Crippen LogP contribution in [0.5, 0.6) is 5.88 Å². The number of thioether (sulfide) groups is 1. The zero-order valence-electron chi connectivity index (χ0n) is 16.9. The molecule has 2 aromatic rings. The Labute approximate surface area is 175 Å². The highest BCUT2D eigenvalue weighted by Gasteiger charge is 2.13. The highest BCUT2D eigenvalue weighted by Crippen LogP contribution is 2.22. The molecule has 0 aliphatic heterocycles. The van der Waals surface area contributed by atoms with Gasteiger partial charge < -0.3 is 20.1 Å². The average molecular weight is 418 g/mol. The number of hydrogen-bond acceptors (Lipinski definition) is 6. The van der Waals surface area contributed by atoms with Crippen LogP contribution in [0.15, 0.2) is 47.5 Å². The van der Waals surface area contributed by atoms with Gasteiger partial charge in [-0.1, -0.05) is 18.2 Å².